The molecular formula is C18H18F3N3O2S. The van der Waals surface area contributed by atoms with E-state index in [1.54, 1.807) is 17.0 Å². The highest BCUT2D eigenvalue weighted by molar-refractivity contribution is 7.92. The van der Waals surface area contributed by atoms with Gasteiger partial charge in [-0.3, -0.25) is 0 Å². The predicted octanol–water partition coefficient (Wildman–Crippen LogP) is 3.27. The quantitative estimate of drug-likeness (QED) is 0.841. The maximum absolute atomic E-state index is 12.6. The summed E-state index contributed by atoms with van der Waals surface area (Å²) in [5.41, 5.74) is -0.0429. The number of benzene rings is 1. The fourth-order valence-corrected chi connectivity index (χ4v) is 3.88. The van der Waals surface area contributed by atoms with Crippen molar-refractivity contribution in [3.63, 3.8) is 0 Å². The normalized spacial score (nSPS) is 18.3. The summed E-state index contributed by atoms with van der Waals surface area (Å²) in [6.45, 7) is 0.852. The summed E-state index contributed by atoms with van der Waals surface area (Å²) in [7, 11) is -3.62. The van der Waals surface area contributed by atoms with Crippen molar-refractivity contribution < 1.29 is 21.6 Å². The molecule has 27 heavy (non-hydrogen) atoms. The third kappa shape index (κ3) is 5.30. The highest BCUT2D eigenvalue weighted by Crippen LogP contribution is 2.29. The van der Waals surface area contributed by atoms with E-state index < -0.39 is 21.8 Å². The lowest BCUT2D eigenvalue weighted by atomic mass is 10.2. The molecule has 0 radical (unpaired) electrons. The molecule has 0 amide bonds. The molecule has 1 aromatic carbocycles. The van der Waals surface area contributed by atoms with E-state index in [1.165, 1.54) is 12.1 Å². The van der Waals surface area contributed by atoms with Crippen molar-refractivity contribution in [1.82, 2.24) is 9.71 Å². The third-order valence-corrected chi connectivity index (χ3v) is 5.31. The Morgan fingerprint density at radius 2 is 1.89 bits per heavy atom. The highest BCUT2D eigenvalue weighted by Gasteiger charge is 2.31. The van der Waals surface area contributed by atoms with Gasteiger partial charge in [0.05, 0.1) is 5.56 Å². The van der Waals surface area contributed by atoms with Crippen LogP contribution < -0.4 is 9.62 Å². The van der Waals surface area contributed by atoms with Crippen LogP contribution in [0.1, 0.15) is 17.5 Å². The highest BCUT2D eigenvalue weighted by atomic mass is 32.2. The fourth-order valence-electron chi connectivity index (χ4n) is 2.81. The minimum absolute atomic E-state index is 0.334. The van der Waals surface area contributed by atoms with Crippen LogP contribution in [0.15, 0.2) is 54.1 Å². The van der Waals surface area contributed by atoms with Gasteiger partial charge in [0.15, 0.2) is 0 Å². The first-order valence-electron chi connectivity index (χ1n) is 8.27. The minimum Gasteiger partial charge on any atom is -0.355 e. The monoisotopic (exact) mass is 397 g/mol. The van der Waals surface area contributed by atoms with Gasteiger partial charge >= 0.3 is 6.18 Å². The Morgan fingerprint density at radius 3 is 2.52 bits per heavy atom. The Hall–Kier alpha value is -2.39. The molecule has 0 aliphatic carbocycles. The van der Waals surface area contributed by atoms with Crippen LogP contribution in [0.5, 0.6) is 0 Å². The van der Waals surface area contributed by atoms with Crippen molar-refractivity contribution in [2.24, 2.45) is 0 Å². The van der Waals surface area contributed by atoms with Crippen LogP contribution >= 0.6 is 0 Å². The number of anilines is 1. The summed E-state index contributed by atoms with van der Waals surface area (Å²) >= 11 is 0. The summed E-state index contributed by atoms with van der Waals surface area (Å²) in [6.07, 6.45) is -1.59. The standard InChI is InChI=1S/C18H18F3N3O2S/c19-18(20,21)15-6-7-17(22-12-15)24-10-8-16(13-24)23-27(25,26)11-9-14-4-2-1-3-5-14/h1-7,9,11-12,16,23H,8,10,13H2. The fraction of sp³-hybridized carbons (Fsp3) is 0.278. The van der Waals surface area contributed by atoms with Crippen LogP contribution in [0.3, 0.4) is 0 Å². The van der Waals surface area contributed by atoms with E-state index in [0.717, 1.165) is 23.2 Å². The summed E-state index contributed by atoms with van der Waals surface area (Å²) in [5.74, 6) is 0.393. The number of pyridine rings is 1. The predicted molar refractivity (Wildman–Crippen MR) is 97.4 cm³/mol. The van der Waals surface area contributed by atoms with E-state index in [0.29, 0.717) is 25.3 Å². The zero-order valence-corrected chi connectivity index (χ0v) is 15.0. The maximum atomic E-state index is 12.6. The van der Waals surface area contributed by atoms with Gasteiger partial charge in [-0.25, -0.2) is 18.1 Å². The summed E-state index contributed by atoms with van der Waals surface area (Å²) in [5, 5.41) is 1.11. The Morgan fingerprint density at radius 1 is 1.15 bits per heavy atom. The molecule has 1 unspecified atom stereocenters. The van der Waals surface area contributed by atoms with Crippen LogP contribution in [0.25, 0.3) is 6.08 Å². The number of alkyl halides is 3. The summed E-state index contributed by atoms with van der Waals surface area (Å²) in [4.78, 5) is 5.61. The summed E-state index contributed by atoms with van der Waals surface area (Å²) < 4.78 is 64.8. The lowest BCUT2D eigenvalue weighted by Gasteiger charge is -2.18. The van der Waals surface area contributed by atoms with Gasteiger partial charge in [0.2, 0.25) is 10.0 Å². The van der Waals surface area contributed by atoms with E-state index in [1.807, 2.05) is 18.2 Å². The van der Waals surface area contributed by atoms with Gasteiger partial charge in [-0.1, -0.05) is 30.3 Å². The molecule has 1 aliphatic heterocycles. The van der Waals surface area contributed by atoms with Crippen molar-refractivity contribution in [3.05, 3.63) is 65.2 Å². The number of hydrogen-bond acceptors (Lipinski definition) is 4. The van der Waals surface area contributed by atoms with E-state index in [-0.39, 0.29) is 6.04 Å². The number of aromatic nitrogens is 1. The lowest BCUT2D eigenvalue weighted by Crippen LogP contribution is -2.36. The molecule has 1 fully saturated rings. The third-order valence-electron chi connectivity index (χ3n) is 4.16. The van der Waals surface area contributed by atoms with Gasteiger partial charge < -0.3 is 4.90 Å². The number of rotatable bonds is 5. The van der Waals surface area contributed by atoms with Crippen molar-refractivity contribution in [2.45, 2.75) is 18.6 Å². The van der Waals surface area contributed by atoms with Crippen LogP contribution in [0.2, 0.25) is 0 Å². The van der Waals surface area contributed by atoms with Gasteiger partial charge in [-0.2, -0.15) is 13.2 Å². The molecule has 3 rings (SSSR count). The maximum Gasteiger partial charge on any atom is 0.417 e. The molecule has 1 saturated heterocycles. The smallest absolute Gasteiger partial charge is 0.355 e. The van der Waals surface area contributed by atoms with Crippen LogP contribution in [0, 0.1) is 0 Å². The Bertz CT molecular complexity index is 898. The number of nitrogens with zero attached hydrogens (tertiary/aromatic N) is 2. The Balaban J connectivity index is 1.60. The molecule has 0 bridgehead atoms. The molecule has 1 aromatic heterocycles. The zero-order chi connectivity index (χ0) is 19.5. The number of nitrogens with one attached hydrogen (secondary N) is 1. The zero-order valence-electron chi connectivity index (χ0n) is 14.2. The molecule has 9 heteroatoms. The molecule has 0 saturated carbocycles. The second-order valence-electron chi connectivity index (χ2n) is 6.21. The average molecular weight is 397 g/mol. The number of sulfonamides is 1. The second-order valence-corrected chi connectivity index (χ2v) is 7.81. The van der Waals surface area contributed by atoms with Crippen molar-refractivity contribution in [2.75, 3.05) is 18.0 Å². The average Bonchev–Trinajstić information content (AvgIpc) is 3.08. The van der Waals surface area contributed by atoms with E-state index >= 15 is 0 Å². The van der Waals surface area contributed by atoms with Crippen LogP contribution in [-0.2, 0) is 16.2 Å². The molecule has 0 spiro atoms. The molecule has 5 nitrogen and oxygen atoms in total. The van der Waals surface area contributed by atoms with E-state index in [9.17, 15) is 21.6 Å². The number of halogens is 3. The van der Waals surface area contributed by atoms with Gasteiger partial charge in [0, 0.05) is 30.7 Å². The molecule has 144 valence electrons. The second kappa shape index (κ2) is 7.69. The SMILES string of the molecule is O=S(=O)(C=Cc1ccccc1)NC1CCN(c2ccc(C(F)(F)F)cn2)C1. The van der Waals surface area contributed by atoms with Gasteiger partial charge in [-0.05, 0) is 30.2 Å². The van der Waals surface area contributed by atoms with Gasteiger partial charge in [0.1, 0.15) is 5.82 Å². The molecular weight excluding hydrogens is 379 g/mol. The summed E-state index contributed by atoms with van der Waals surface area (Å²) in [6, 6.07) is 11.0. The van der Waals surface area contributed by atoms with E-state index in [2.05, 4.69) is 9.71 Å². The van der Waals surface area contributed by atoms with Gasteiger partial charge in [-0.15, -0.1) is 0 Å². The van der Waals surface area contributed by atoms with Crippen molar-refractivity contribution in [3.8, 4) is 0 Å². The molecule has 2 aromatic rings. The van der Waals surface area contributed by atoms with Gasteiger partial charge in [0.25, 0.3) is 0 Å². The Kier molecular flexibility index (Phi) is 5.52. The minimum atomic E-state index is -4.43. The Labute approximate surface area is 155 Å². The van der Waals surface area contributed by atoms with Crippen molar-refractivity contribution in [1.29, 1.82) is 0 Å². The first-order chi connectivity index (χ1) is 12.7. The molecule has 1 atom stereocenters. The first kappa shape index (κ1) is 19.4. The topological polar surface area (TPSA) is 62.3 Å². The van der Waals surface area contributed by atoms with Crippen molar-refractivity contribution >= 4 is 21.9 Å². The van der Waals surface area contributed by atoms with Crippen LogP contribution in [0.4, 0.5) is 19.0 Å². The molecule has 2 heterocycles. The lowest BCUT2D eigenvalue weighted by molar-refractivity contribution is -0.137. The number of hydrogen-bond donors (Lipinski definition) is 1. The molecule has 1 aliphatic rings. The van der Waals surface area contributed by atoms with E-state index in [4.69, 9.17) is 0 Å². The van der Waals surface area contributed by atoms with Crippen LogP contribution in [-0.4, -0.2) is 32.5 Å². The largest absolute Gasteiger partial charge is 0.417 e. The first-order valence-corrected chi connectivity index (χ1v) is 9.81. The molecule has 1 N–H and O–H groups in total.